The number of amides is 1. The summed E-state index contributed by atoms with van der Waals surface area (Å²) in [5.41, 5.74) is 2.17. The molecule has 0 aliphatic carbocycles. The van der Waals surface area contributed by atoms with Gasteiger partial charge in [0.1, 0.15) is 5.75 Å². The van der Waals surface area contributed by atoms with E-state index in [0.29, 0.717) is 13.0 Å². The van der Waals surface area contributed by atoms with Crippen LogP contribution >= 0.6 is 0 Å². The van der Waals surface area contributed by atoms with Crippen LogP contribution in [-0.4, -0.2) is 33.2 Å². The number of methoxy groups -OCH3 is 1. The van der Waals surface area contributed by atoms with Crippen LogP contribution in [0.5, 0.6) is 5.75 Å². The highest BCUT2D eigenvalue weighted by atomic mass is 16.5. The smallest absolute Gasteiger partial charge is 0.228 e. The Morgan fingerprint density at radius 3 is 3.06 bits per heavy atom. The molecule has 1 aliphatic rings. The molecule has 0 fully saturated rings. The first-order chi connectivity index (χ1) is 8.77. The molecular formula is C14H20N2O2. The zero-order valence-electron chi connectivity index (χ0n) is 11.0. The maximum atomic E-state index is 12.2. The Balaban J connectivity index is 2.28. The molecule has 0 unspecified atom stereocenters. The molecule has 1 aromatic rings. The lowest BCUT2D eigenvalue weighted by Gasteiger charge is -2.31. The van der Waals surface area contributed by atoms with E-state index >= 15 is 0 Å². The van der Waals surface area contributed by atoms with E-state index in [1.165, 1.54) is 5.56 Å². The van der Waals surface area contributed by atoms with Gasteiger partial charge >= 0.3 is 0 Å². The number of rotatable bonds is 4. The lowest BCUT2D eigenvalue weighted by atomic mass is 10.0. The Labute approximate surface area is 108 Å². The summed E-state index contributed by atoms with van der Waals surface area (Å²) >= 11 is 0. The van der Waals surface area contributed by atoms with Gasteiger partial charge in [-0.3, -0.25) is 4.79 Å². The number of anilines is 1. The normalized spacial score (nSPS) is 14.2. The second-order valence-corrected chi connectivity index (χ2v) is 4.47. The molecule has 0 aromatic heterocycles. The maximum absolute atomic E-state index is 12.2. The Bertz CT molecular complexity index is 418. The molecule has 1 aromatic carbocycles. The Hall–Kier alpha value is -1.55. The summed E-state index contributed by atoms with van der Waals surface area (Å²) in [6, 6.07) is 5.98. The van der Waals surface area contributed by atoms with Crippen molar-refractivity contribution in [2.75, 3.05) is 32.1 Å². The van der Waals surface area contributed by atoms with Crippen LogP contribution in [0.25, 0.3) is 0 Å². The largest absolute Gasteiger partial charge is 0.495 e. The number of carbonyl (C=O) groups excluding carboxylic acids is 1. The molecule has 4 heteroatoms. The van der Waals surface area contributed by atoms with Gasteiger partial charge in [0.15, 0.2) is 0 Å². The van der Waals surface area contributed by atoms with E-state index in [9.17, 15) is 4.79 Å². The zero-order valence-corrected chi connectivity index (χ0v) is 11.0. The Morgan fingerprint density at radius 1 is 1.50 bits per heavy atom. The molecule has 0 saturated carbocycles. The number of fused-ring (bicyclic) bond motifs is 1. The summed E-state index contributed by atoms with van der Waals surface area (Å²) in [6.45, 7) is 1.50. The van der Waals surface area contributed by atoms with Crippen molar-refractivity contribution in [1.82, 2.24) is 5.32 Å². The van der Waals surface area contributed by atoms with Crippen molar-refractivity contribution >= 4 is 11.6 Å². The van der Waals surface area contributed by atoms with Gasteiger partial charge in [0.05, 0.1) is 12.8 Å². The van der Waals surface area contributed by atoms with Crippen molar-refractivity contribution in [2.24, 2.45) is 0 Å². The monoisotopic (exact) mass is 248 g/mol. The van der Waals surface area contributed by atoms with Crippen LogP contribution in [0.3, 0.4) is 0 Å². The Kier molecular flexibility index (Phi) is 4.20. The molecule has 1 amide bonds. The number of ether oxygens (including phenoxy) is 1. The minimum absolute atomic E-state index is 0.162. The summed E-state index contributed by atoms with van der Waals surface area (Å²) < 4.78 is 5.39. The highest BCUT2D eigenvalue weighted by molar-refractivity contribution is 5.96. The number of nitrogens with zero attached hydrogens (tertiary/aromatic N) is 1. The molecule has 0 spiro atoms. The zero-order chi connectivity index (χ0) is 13.0. The summed E-state index contributed by atoms with van der Waals surface area (Å²) in [5, 5.41) is 3.01. The first-order valence-corrected chi connectivity index (χ1v) is 6.38. The molecular weight excluding hydrogens is 228 g/mol. The van der Waals surface area contributed by atoms with Crippen molar-refractivity contribution in [3.8, 4) is 5.75 Å². The molecule has 1 aliphatic heterocycles. The highest BCUT2D eigenvalue weighted by Gasteiger charge is 2.25. The van der Waals surface area contributed by atoms with Gasteiger partial charge in [0, 0.05) is 19.5 Å². The molecule has 18 heavy (non-hydrogen) atoms. The van der Waals surface area contributed by atoms with Crippen molar-refractivity contribution in [3.05, 3.63) is 23.8 Å². The van der Waals surface area contributed by atoms with Crippen LogP contribution in [0.1, 0.15) is 18.4 Å². The van der Waals surface area contributed by atoms with E-state index in [4.69, 9.17) is 4.74 Å². The second-order valence-electron chi connectivity index (χ2n) is 4.47. The number of hydrogen-bond donors (Lipinski definition) is 1. The Morgan fingerprint density at radius 2 is 2.33 bits per heavy atom. The van der Waals surface area contributed by atoms with Gasteiger partial charge in [-0.15, -0.1) is 0 Å². The minimum Gasteiger partial charge on any atom is -0.495 e. The van der Waals surface area contributed by atoms with Crippen LogP contribution in [0.2, 0.25) is 0 Å². The molecule has 2 rings (SSSR count). The number of para-hydroxylation sites is 1. The van der Waals surface area contributed by atoms with Crippen LogP contribution in [0, 0.1) is 0 Å². The van der Waals surface area contributed by atoms with E-state index < -0.39 is 0 Å². The fourth-order valence-corrected chi connectivity index (χ4v) is 2.40. The van der Waals surface area contributed by atoms with E-state index in [1.54, 1.807) is 7.11 Å². The van der Waals surface area contributed by atoms with Gasteiger partial charge in [-0.25, -0.2) is 0 Å². The quantitative estimate of drug-likeness (QED) is 0.879. The summed E-state index contributed by atoms with van der Waals surface area (Å²) in [7, 11) is 3.51. The third kappa shape index (κ3) is 2.48. The predicted octanol–water partition coefficient (Wildman–Crippen LogP) is 1.58. The topological polar surface area (TPSA) is 41.6 Å². The second kappa shape index (κ2) is 5.87. The van der Waals surface area contributed by atoms with Crippen molar-refractivity contribution in [1.29, 1.82) is 0 Å². The van der Waals surface area contributed by atoms with Gasteiger partial charge in [-0.2, -0.15) is 0 Å². The fraction of sp³-hybridized carbons (Fsp3) is 0.500. The van der Waals surface area contributed by atoms with E-state index in [-0.39, 0.29) is 5.91 Å². The summed E-state index contributed by atoms with van der Waals surface area (Å²) in [6.07, 6.45) is 2.56. The first kappa shape index (κ1) is 12.9. The van der Waals surface area contributed by atoms with Gasteiger partial charge in [0.25, 0.3) is 0 Å². The molecule has 0 radical (unpaired) electrons. The van der Waals surface area contributed by atoms with Crippen LogP contribution in [-0.2, 0) is 11.2 Å². The highest BCUT2D eigenvalue weighted by Crippen LogP contribution is 2.36. The molecule has 1 N–H and O–H groups in total. The minimum atomic E-state index is 0.162. The van der Waals surface area contributed by atoms with E-state index in [0.717, 1.165) is 30.8 Å². The first-order valence-electron chi connectivity index (χ1n) is 6.38. The molecule has 0 saturated heterocycles. The number of nitrogens with one attached hydrogen (secondary N) is 1. The van der Waals surface area contributed by atoms with Crippen molar-refractivity contribution in [2.45, 2.75) is 19.3 Å². The molecule has 98 valence electrons. The van der Waals surface area contributed by atoms with Gasteiger partial charge in [0.2, 0.25) is 5.91 Å². The third-order valence-corrected chi connectivity index (χ3v) is 3.29. The van der Waals surface area contributed by atoms with Crippen molar-refractivity contribution in [3.63, 3.8) is 0 Å². The number of benzene rings is 1. The fourth-order valence-electron chi connectivity index (χ4n) is 2.40. The van der Waals surface area contributed by atoms with Crippen LogP contribution in [0.15, 0.2) is 18.2 Å². The van der Waals surface area contributed by atoms with E-state index in [2.05, 4.69) is 11.4 Å². The lowest BCUT2D eigenvalue weighted by Crippen LogP contribution is -2.37. The van der Waals surface area contributed by atoms with Crippen LogP contribution < -0.4 is 15.0 Å². The summed E-state index contributed by atoms with van der Waals surface area (Å²) in [5.74, 6) is 0.958. The third-order valence-electron chi connectivity index (χ3n) is 3.29. The van der Waals surface area contributed by atoms with E-state index in [1.807, 2.05) is 24.1 Å². The average Bonchev–Trinajstić information content (AvgIpc) is 2.43. The lowest BCUT2D eigenvalue weighted by molar-refractivity contribution is -0.118. The van der Waals surface area contributed by atoms with Crippen LogP contribution in [0.4, 0.5) is 5.69 Å². The average molecular weight is 248 g/mol. The number of carbonyl (C=O) groups is 1. The molecule has 0 atom stereocenters. The van der Waals surface area contributed by atoms with Crippen molar-refractivity contribution < 1.29 is 9.53 Å². The molecule has 0 bridgehead atoms. The standard InChI is InChI=1S/C14H20N2O2/c1-15-9-8-13(17)16-10-4-6-11-5-3-7-12(18-2)14(11)16/h3,5,7,15H,4,6,8-10H2,1-2H3. The predicted molar refractivity (Wildman–Crippen MR) is 72.2 cm³/mol. The SMILES string of the molecule is CNCCC(=O)N1CCCc2cccc(OC)c21. The van der Waals surface area contributed by atoms with Gasteiger partial charge in [-0.1, -0.05) is 12.1 Å². The molecule has 4 nitrogen and oxygen atoms in total. The van der Waals surface area contributed by atoms with Gasteiger partial charge in [-0.05, 0) is 31.5 Å². The number of aryl methyl sites for hydroxylation is 1. The maximum Gasteiger partial charge on any atom is 0.228 e. The number of hydrogen-bond acceptors (Lipinski definition) is 3. The molecule has 1 heterocycles. The summed E-state index contributed by atoms with van der Waals surface area (Å²) in [4.78, 5) is 14.1. The van der Waals surface area contributed by atoms with Gasteiger partial charge < -0.3 is 15.0 Å².